The minimum Gasteiger partial charge on any atom is -0.481 e. The zero-order valence-corrected chi connectivity index (χ0v) is 18.2. The molecule has 1 fully saturated rings. The number of hydrogen-bond acceptors (Lipinski definition) is 5. The zero-order chi connectivity index (χ0) is 22.6. The van der Waals surface area contributed by atoms with Crippen molar-refractivity contribution in [1.29, 1.82) is 0 Å². The number of aliphatic carboxylic acids is 1. The SMILES string of the molecule is CCOCc1cccc(C[C@H](O)/C=C/[C@@H]2[C@H](O)CC(=O)[C@@H]2C/C=C\CCCC(=O)O)c1. The van der Waals surface area contributed by atoms with Crippen molar-refractivity contribution < 1.29 is 29.6 Å². The van der Waals surface area contributed by atoms with Crippen LogP contribution in [0.25, 0.3) is 0 Å². The summed E-state index contributed by atoms with van der Waals surface area (Å²) in [6, 6.07) is 7.90. The molecule has 2 rings (SSSR count). The van der Waals surface area contributed by atoms with Crippen LogP contribution in [-0.4, -0.2) is 45.9 Å². The number of allylic oxidation sites excluding steroid dienone is 2. The number of ketones is 1. The first kappa shape index (κ1) is 25.0. The molecule has 1 aromatic carbocycles. The van der Waals surface area contributed by atoms with Crippen molar-refractivity contribution in [3.63, 3.8) is 0 Å². The third-order valence-electron chi connectivity index (χ3n) is 5.52. The second-order valence-electron chi connectivity index (χ2n) is 8.03. The van der Waals surface area contributed by atoms with E-state index in [4.69, 9.17) is 9.84 Å². The number of carboxylic acids is 1. The van der Waals surface area contributed by atoms with Crippen LogP contribution in [0, 0.1) is 11.8 Å². The topological polar surface area (TPSA) is 104 Å². The van der Waals surface area contributed by atoms with Crippen molar-refractivity contribution in [2.75, 3.05) is 6.61 Å². The van der Waals surface area contributed by atoms with Gasteiger partial charge in [0.2, 0.25) is 0 Å². The number of carbonyl (C=O) groups is 2. The Balaban J connectivity index is 1.90. The highest BCUT2D eigenvalue weighted by atomic mass is 16.5. The number of Topliss-reactive ketones (excluding diaryl/α,β-unsaturated/α-hetero) is 1. The number of unbranched alkanes of at least 4 members (excludes halogenated alkanes) is 1. The van der Waals surface area contributed by atoms with Crippen molar-refractivity contribution >= 4 is 11.8 Å². The molecule has 0 aromatic heterocycles. The molecule has 6 heteroatoms. The quantitative estimate of drug-likeness (QED) is 0.327. The van der Waals surface area contributed by atoms with Gasteiger partial charge in [-0.25, -0.2) is 0 Å². The Morgan fingerprint density at radius 1 is 1.29 bits per heavy atom. The minimum atomic E-state index is -0.813. The predicted octanol–water partition coefficient (Wildman–Crippen LogP) is 3.45. The van der Waals surface area contributed by atoms with Crippen LogP contribution in [0.3, 0.4) is 0 Å². The molecule has 1 aliphatic rings. The molecule has 6 nitrogen and oxygen atoms in total. The molecule has 1 aromatic rings. The van der Waals surface area contributed by atoms with Crippen LogP contribution in [0.1, 0.15) is 50.2 Å². The van der Waals surface area contributed by atoms with Crippen LogP contribution in [0.4, 0.5) is 0 Å². The maximum Gasteiger partial charge on any atom is 0.303 e. The van der Waals surface area contributed by atoms with Gasteiger partial charge < -0.3 is 20.1 Å². The van der Waals surface area contributed by atoms with Gasteiger partial charge >= 0.3 is 5.97 Å². The van der Waals surface area contributed by atoms with Gasteiger partial charge in [0.15, 0.2) is 0 Å². The molecule has 1 saturated carbocycles. The molecular weight excluding hydrogens is 396 g/mol. The minimum absolute atomic E-state index is 0.0236. The van der Waals surface area contributed by atoms with Crippen molar-refractivity contribution in [3.8, 4) is 0 Å². The summed E-state index contributed by atoms with van der Waals surface area (Å²) in [4.78, 5) is 22.8. The lowest BCUT2D eigenvalue weighted by Gasteiger charge is -2.17. The lowest BCUT2D eigenvalue weighted by molar-refractivity contribution is -0.137. The molecule has 0 radical (unpaired) electrons. The Bertz CT molecular complexity index is 769. The van der Waals surface area contributed by atoms with Crippen LogP contribution < -0.4 is 0 Å². The van der Waals surface area contributed by atoms with E-state index in [1.807, 2.05) is 43.3 Å². The molecule has 0 bridgehead atoms. The van der Waals surface area contributed by atoms with Gasteiger partial charge in [-0.05, 0) is 37.3 Å². The highest BCUT2D eigenvalue weighted by Gasteiger charge is 2.39. The Morgan fingerprint density at radius 2 is 2.06 bits per heavy atom. The lowest BCUT2D eigenvalue weighted by atomic mass is 9.90. The molecule has 170 valence electrons. The number of benzene rings is 1. The number of aliphatic hydroxyl groups excluding tert-OH is 2. The fraction of sp³-hybridized carbons (Fsp3) is 0.520. The Labute approximate surface area is 184 Å². The van der Waals surface area contributed by atoms with Crippen LogP contribution in [0.2, 0.25) is 0 Å². The molecule has 31 heavy (non-hydrogen) atoms. The molecule has 1 aliphatic carbocycles. The predicted molar refractivity (Wildman–Crippen MR) is 118 cm³/mol. The molecule has 3 N–H and O–H groups in total. The average molecular weight is 431 g/mol. The molecule has 4 atom stereocenters. The van der Waals surface area contributed by atoms with Gasteiger partial charge in [0.05, 0.1) is 18.8 Å². The molecule has 0 heterocycles. The summed E-state index contributed by atoms with van der Waals surface area (Å²) in [6.45, 7) is 3.14. The Hall–Kier alpha value is -2.28. The van der Waals surface area contributed by atoms with Crippen LogP contribution in [-0.2, 0) is 27.4 Å². The van der Waals surface area contributed by atoms with Gasteiger partial charge in [-0.3, -0.25) is 9.59 Å². The first-order chi connectivity index (χ1) is 14.9. The van der Waals surface area contributed by atoms with Crippen LogP contribution in [0.5, 0.6) is 0 Å². The number of hydrogen-bond donors (Lipinski definition) is 3. The summed E-state index contributed by atoms with van der Waals surface area (Å²) in [5.74, 6) is -1.43. The van der Waals surface area contributed by atoms with Crippen molar-refractivity contribution in [2.24, 2.45) is 11.8 Å². The summed E-state index contributed by atoms with van der Waals surface area (Å²) < 4.78 is 5.42. The Kier molecular flexibility index (Phi) is 10.6. The van der Waals surface area contributed by atoms with Gasteiger partial charge in [0.1, 0.15) is 5.78 Å². The normalized spacial score (nSPS) is 22.5. The second kappa shape index (κ2) is 13.2. The van der Waals surface area contributed by atoms with E-state index in [1.54, 1.807) is 12.2 Å². The maximum atomic E-state index is 12.3. The van der Waals surface area contributed by atoms with Gasteiger partial charge in [-0.2, -0.15) is 0 Å². The first-order valence-corrected chi connectivity index (χ1v) is 11.0. The van der Waals surface area contributed by atoms with Crippen molar-refractivity contribution in [2.45, 2.75) is 64.3 Å². The van der Waals surface area contributed by atoms with Crippen LogP contribution in [0.15, 0.2) is 48.6 Å². The molecule has 0 unspecified atom stereocenters. The smallest absolute Gasteiger partial charge is 0.303 e. The average Bonchev–Trinajstić information content (AvgIpc) is 2.99. The molecular formula is C25H34O6. The number of carbonyl (C=O) groups excluding carboxylic acids is 1. The number of carboxylic acid groups (broad SMARTS) is 1. The molecule has 0 spiro atoms. The summed E-state index contributed by atoms with van der Waals surface area (Å²) in [7, 11) is 0. The monoisotopic (exact) mass is 430 g/mol. The van der Waals surface area contributed by atoms with E-state index in [2.05, 4.69) is 0 Å². The van der Waals surface area contributed by atoms with E-state index in [9.17, 15) is 19.8 Å². The third kappa shape index (κ3) is 8.77. The van der Waals surface area contributed by atoms with E-state index in [0.717, 1.165) is 11.1 Å². The van der Waals surface area contributed by atoms with E-state index in [1.165, 1.54) is 0 Å². The lowest BCUT2D eigenvalue weighted by Crippen LogP contribution is -2.19. The number of aliphatic hydroxyl groups is 2. The fourth-order valence-corrected chi connectivity index (χ4v) is 3.89. The number of rotatable bonds is 13. The molecule has 0 saturated heterocycles. The van der Waals surface area contributed by atoms with Gasteiger partial charge in [-0.1, -0.05) is 48.6 Å². The summed E-state index contributed by atoms with van der Waals surface area (Å²) >= 11 is 0. The number of ether oxygens (including phenoxy) is 1. The van der Waals surface area contributed by atoms with E-state index in [0.29, 0.717) is 38.9 Å². The van der Waals surface area contributed by atoms with E-state index >= 15 is 0 Å². The van der Waals surface area contributed by atoms with Gasteiger partial charge in [0.25, 0.3) is 0 Å². The summed E-state index contributed by atoms with van der Waals surface area (Å²) in [5.41, 5.74) is 2.06. The first-order valence-electron chi connectivity index (χ1n) is 11.0. The zero-order valence-electron chi connectivity index (χ0n) is 18.2. The Morgan fingerprint density at radius 3 is 2.81 bits per heavy atom. The van der Waals surface area contributed by atoms with Crippen LogP contribution >= 0.6 is 0 Å². The fourth-order valence-electron chi connectivity index (χ4n) is 3.89. The molecule has 0 amide bonds. The highest BCUT2D eigenvalue weighted by molar-refractivity contribution is 5.84. The van der Waals surface area contributed by atoms with E-state index < -0.39 is 18.2 Å². The second-order valence-corrected chi connectivity index (χ2v) is 8.03. The van der Waals surface area contributed by atoms with Crippen molar-refractivity contribution in [3.05, 3.63) is 59.7 Å². The third-order valence-corrected chi connectivity index (χ3v) is 5.52. The van der Waals surface area contributed by atoms with Crippen molar-refractivity contribution in [1.82, 2.24) is 0 Å². The van der Waals surface area contributed by atoms with Gasteiger partial charge in [0, 0.05) is 37.7 Å². The largest absolute Gasteiger partial charge is 0.481 e. The standard InChI is InChI=1S/C25H34O6/c1-2-31-17-19-9-7-8-18(14-19)15-20(26)12-13-22-21(23(27)16-24(22)28)10-5-3-4-6-11-25(29)30/h3,5,7-9,12-14,20-22,24,26,28H,2,4,6,10-11,15-17H2,1H3,(H,29,30)/b5-3-,13-12+/t20-,21-,22+,24-/m1/s1. The summed E-state index contributed by atoms with van der Waals surface area (Å²) in [6.07, 6.45) is 8.20. The molecule has 0 aliphatic heterocycles. The maximum absolute atomic E-state index is 12.3. The highest BCUT2D eigenvalue weighted by Crippen LogP contribution is 2.33. The van der Waals surface area contributed by atoms with Gasteiger partial charge in [-0.15, -0.1) is 0 Å². The van der Waals surface area contributed by atoms with E-state index in [-0.39, 0.29) is 30.5 Å². The summed E-state index contributed by atoms with van der Waals surface area (Å²) in [5, 5.41) is 29.4.